The van der Waals surface area contributed by atoms with Gasteiger partial charge in [-0.15, -0.1) is 11.3 Å². The van der Waals surface area contributed by atoms with Gasteiger partial charge in [0.2, 0.25) is 0 Å². The highest BCUT2D eigenvalue weighted by atomic mass is 32.1. The number of pyridine rings is 1. The van der Waals surface area contributed by atoms with Gasteiger partial charge in [0.25, 0.3) is 0 Å². The van der Waals surface area contributed by atoms with E-state index in [0.29, 0.717) is 13.1 Å². The molecule has 1 aliphatic rings. The highest BCUT2D eigenvalue weighted by Crippen LogP contribution is 2.18. The summed E-state index contributed by atoms with van der Waals surface area (Å²) in [5, 5.41) is 12.5. The molecule has 0 spiro atoms. The standard InChI is InChI=1S/C20H28N4O2S/c1-16-4-5-19(27-16)15-24(11-12-25)20(26)22-18-6-9-23(10-7-18)14-17-3-2-8-21-13-17/h2-5,8,13,18,25H,6-7,9-12,14-15H2,1H3,(H,22,26). The molecule has 1 fully saturated rings. The molecule has 0 bridgehead atoms. The molecule has 0 atom stereocenters. The maximum absolute atomic E-state index is 12.7. The van der Waals surface area contributed by atoms with E-state index in [9.17, 15) is 9.90 Å². The van der Waals surface area contributed by atoms with Crippen molar-refractivity contribution in [3.8, 4) is 0 Å². The summed E-state index contributed by atoms with van der Waals surface area (Å²) in [4.78, 5) is 23.3. The van der Waals surface area contributed by atoms with Gasteiger partial charge in [-0.05, 0) is 43.5 Å². The number of amides is 2. The fraction of sp³-hybridized carbons (Fsp3) is 0.500. The maximum Gasteiger partial charge on any atom is 0.318 e. The lowest BCUT2D eigenvalue weighted by Gasteiger charge is -2.33. The van der Waals surface area contributed by atoms with Crippen LogP contribution in [0.1, 0.15) is 28.2 Å². The zero-order valence-corrected chi connectivity index (χ0v) is 16.6. The van der Waals surface area contributed by atoms with Crippen LogP contribution in [0.5, 0.6) is 0 Å². The predicted molar refractivity (Wildman–Crippen MR) is 108 cm³/mol. The van der Waals surface area contributed by atoms with Crippen molar-refractivity contribution in [2.24, 2.45) is 0 Å². The highest BCUT2D eigenvalue weighted by Gasteiger charge is 2.23. The minimum atomic E-state index is -0.0826. The Bertz CT molecular complexity index is 714. The van der Waals surface area contributed by atoms with Crippen LogP contribution in [-0.2, 0) is 13.1 Å². The number of aliphatic hydroxyl groups excluding tert-OH is 1. The van der Waals surface area contributed by atoms with Gasteiger partial charge >= 0.3 is 6.03 Å². The minimum Gasteiger partial charge on any atom is -0.395 e. The second-order valence-electron chi connectivity index (χ2n) is 7.02. The Morgan fingerprint density at radius 2 is 2.19 bits per heavy atom. The lowest BCUT2D eigenvalue weighted by atomic mass is 10.0. The summed E-state index contributed by atoms with van der Waals surface area (Å²) in [7, 11) is 0. The van der Waals surface area contributed by atoms with Crippen LogP contribution >= 0.6 is 11.3 Å². The zero-order valence-electron chi connectivity index (χ0n) is 15.8. The number of urea groups is 1. The van der Waals surface area contributed by atoms with Crippen LogP contribution in [0, 0.1) is 6.92 Å². The Balaban J connectivity index is 1.47. The second kappa shape index (κ2) is 9.82. The number of aliphatic hydroxyl groups is 1. The lowest BCUT2D eigenvalue weighted by molar-refractivity contribution is 0.156. The van der Waals surface area contributed by atoms with Gasteiger partial charge in [-0.3, -0.25) is 9.88 Å². The van der Waals surface area contributed by atoms with Gasteiger partial charge in [0, 0.05) is 54.4 Å². The summed E-state index contributed by atoms with van der Waals surface area (Å²) in [6.07, 6.45) is 5.59. The Morgan fingerprint density at radius 1 is 1.37 bits per heavy atom. The Labute approximate surface area is 164 Å². The number of aryl methyl sites for hydroxylation is 1. The number of thiophene rings is 1. The zero-order chi connectivity index (χ0) is 19.1. The van der Waals surface area contributed by atoms with Gasteiger partial charge in [0.15, 0.2) is 0 Å². The van der Waals surface area contributed by atoms with Crippen LogP contribution in [0.2, 0.25) is 0 Å². The number of rotatable bonds is 7. The number of carbonyl (C=O) groups is 1. The van der Waals surface area contributed by atoms with E-state index >= 15 is 0 Å². The molecule has 1 saturated heterocycles. The molecule has 0 aromatic carbocycles. The van der Waals surface area contributed by atoms with Crippen molar-refractivity contribution >= 4 is 17.4 Å². The van der Waals surface area contributed by atoms with Crippen molar-refractivity contribution in [2.45, 2.75) is 38.9 Å². The fourth-order valence-electron chi connectivity index (χ4n) is 3.38. The summed E-state index contributed by atoms with van der Waals surface area (Å²) in [6.45, 7) is 5.76. The topological polar surface area (TPSA) is 68.7 Å². The van der Waals surface area contributed by atoms with E-state index in [0.717, 1.165) is 37.4 Å². The van der Waals surface area contributed by atoms with Crippen molar-refractivity contribution < 1.29 is 9.90 Å². The normalized spacial score (nSPS) is 15.6. The van der Waals surface area contributed by atoms with E-state index < -0.39 is 0 Å². The smallest absolute Gasteiger partial charge is 0.318 e. The average Bonchev–Trinajstić information content (AvgIpc) is 3.09. The molecule has 0 saturated carbocycles. The summed E-state index contributed by atoms with van der Waals surface area (Å²) < 4.78 is 0. The molecule has 0 aliphatic carbocycles. The average molecular weight is 389 g/mol. The van der Waals surface area contributed by atoms with E-state index in [4.69, 9.17) is 0 Å². The second-order valence-corrected chi connectivity index (χ2v) is 8.39. The van der Waals surface area contributed by atoms with Crippen molar-refractivity contribution in [3.63, 3.8) is 0 Å². The third-order valence-electron chi connectivity index (χ3n) is 4.84. The van der Waals surface area contributed by atoms with Crippen LogP contribution in [0.15, 0.2) is 36.7 Å². The van der Waals surface area contributed by atoms with Crippen molar-refractivity contribution in [1.29, 1.82) is 0 Å². The first-order valence-electron chi connectivity index (χ1n) is 9.47. The molecule has 0 radical (unpaired) electrons. The molecule has 3 heterocycles. The molecular weight excluding hydrogens is 360 g/mol. The van der Waals surface area contributed by atoms with Crippen LogP contribution in [0.25, 0.3) is 0 Å². The van der Waals surface area contributed by atoms with Crippen molar-refractivity contribution in [1.82, 2.24) is 20.1 Å². The van der Waals surface area contributed by atoms with Crippen LogP contribution < -0.4 is 5.32 Å². The first kappa shape index (κ1) is 19.8. The first-order valence-corrected chi connectivity index (χ1v) is 10.3. The summed E-state index contributed by atoms with van der Waals surface area (Å²) in [5.74, 6) is 0. The molecule has 1 aliphatic heterocycles. The summed E-state index contributed by atoms with van der Waals surface area (Å²) in [6, 6.07) is 8.28. The number of likely N-dealkylation sites (tertiary alicyclic amines) is 1. The number of nitrogens with one attached hydrogen (secondary N) is 1. The van der Waals surface area contributed by atoms with E-state index in [1.165, 1.54) is 10.4 Å². The Hall–Kier alpha value is -1.96. The molecule has 2 aromatic rings. The third kappa shape index (κ3) is 6.02. The number of hydrogen-bond donors (Lipinski definition) is 2. The number of carbonyl (C=O) groups excluding carboxylic acids is 1. The van der Waals surface area contributed by atoms with E-state index in [2.05, 4.69) is 40.3 Å². The van der Waals surface area contributed by atoms with E-state index in [1.54, 1.807) is 22.4 Å². The molecule has 2 N–H and O–H groups in total. The predicted octanol–water partition coefficient (Wildman–Crippen LogP) is 2.62. The molecule has 2 aromatic heterocycles. The summed E-state index contributed by atoms with van der Waals surface area (Å²) in [5.41, 5.74) is 1.22. The number of nitrogens with zero attached hydrogens (tertiary/aromatic N) is 3. The summed E-state index contributed by atoms with van der Waals surface area (Å²) >= 11 is 1.69. The van der Waals surface area contributed by atoms with E-state index in [1.807, 2.05) is 12.3 Å². The monoisotopic (exact) mass is 388 g/mol. The number of piperidine rings is 1. The molecule has 7 heteroatoms. The fourth-order valence-corrected chi connectivity index (χ4v) is 4.29. The maximum atomic E-state index is 12.7. The van der Waals surface area contributed by atoms with Crippen molar-refractivity contribution in [3.05, 3.63) is 52.0 Å². The Morgan fingerprint density at radius 3 is 2.81 bits per heavy atom. The van der Waals surface area contributed by atoms with Crippen LogP contribution in [0.3, 0.4) is 0 Å². The molecule has 27 heavy (non-hydrogen) atoms. The molecule has 2 amide bonds. The van der Waals surface area contributed by atoms with Crippen LogP contribution in [0.4, 0.5) is 4.79 Å². The lowest BCUT2D eigenvalue weighted by Crippen LogP contribution is -2.49. The number of aromatic nitrogens is 1. The van der Waals surface area contributed by atoms with Crippen LogP contribution in [-0.4, -0.2) is 58.2 Å². The van der Waals surface area contributed by atoms with Gasteiger partial charge in [-0.1, -0.05) is 6.07 Å². The highest BCUT2D eigenvalue weighted by molar-refractivity contribution is 7.11. The van der Waals surface area contributed by atoms with Gasteiger partial charge in [-0.25, -0.2) is 4.79 Å². The van der Waals surface area contributed by atoms with E-state index in [-0.39, 0.29) is 18.7 Å². The van der Waals surface area contributed by atoms with Gasteiger partial charge in [0.1, 0.15) is 0 Å². The van der Waals surface area contributed by atoms with Gasteiger partial charge in [0.05, 0.1) is 13.2 Å². The van der Waals surface area contributed by atoms with Gasteiger partial charge in [-0.2, -0.15) is 0 Å². The Kier molecular flexibility index (Phi) is 7.20. The molecule has 0 unspecified atom stereocenters. The first-order chi connectivity index (χ1) is 13.1. The molecule has 146 valence electrons. The molecule has 3 rings (SSSR count). The number of hydrogen-bond acceptors (Lipinski definition) is 5. The quantitative estimate of drug-likeness (QED) is 0.765. The van der Waals surface area contributed by atoms with Gasteiger partial charge < -0.3 is 15.3 Å². The van der Waals surface area contributed by atoms with Crippen molar-refractivity contribution in [2.75, 3.05) is 26.2 Å². The third-order valence-corrected chi connectivity index (χ3v) is 5.83. The SMILES string of the molecule is Cc1ccc(CN(CCO)C(=O)NC2CCN(Cc3cccnc3)CC2)s1. The molecule has 6 nitrogen and oxygen atoms in total. The molecular formula is C20H28N4O2S. The largest absolute Gasteiger partial charge is 0.395 e. The minimum absolute atomic E-state index is 0.0265.